The largest absolute Gasteiger partial charge is 0.393 e. The molecule has 1 atom stereocenters. The average molecular weight is 696 g/mol. The number of nitrogens with zero attached hydrogens (tertiary/aromatic N) is 7. The fourth-order valence-electron chi connectivity index (χ4n) is 7.18. The van der Waals surface area contributed by atoms with Crippen LogP contribution in [0.4, 0.5) is 19.0 Å². The van der Waals surface area contributed by atoms with Crippen LogP contribution in [0.2, 0.25) is 0 Å². The molecule has 0 bridgehead atoms. The Hall–Kier alpha value is -3.77. The molecule has 2 aliphatic rings. The van der Waals surface area contributed by atoms with Gasteiger partial charge in [0.25, 0.3) is 0 Å². The van der Waals surface area contributed by atoms with E-state index < -0.39 is 12.6 Å². The van der Waals surface area contributed by atoms with Gasteiger partial charge >= 0.3 is 6.18 Å². The Kier molecular flexibility index (Phi) is 10.5. The number of thiophene rings is 1. The number of nitriles is 1. The number of benzene rings is 1. The first-order valence-electron chi connectivity index (χ1n) is 17.0. The lowest BCUT2D eigenvalue weighted by Gasteiger charge is -2.37. The van der Waals surface area contributed by atoms with Gasteiger partial charge in [-0.1, -0.05) is 13.0 Å². The molecule has 0 unspecified atom stereocenters. The number of aromatic nitrogens is 3. The summed E-state index contributed by atoms with van der Waals surface area (Å²) in [5.74, 6) is 0.954. The number of carbonyl (C=O) groups excluding carboxylic acids is 1. The molecule has 3 N–H and O–H groups in total. The number of piperidine rings is 1. The molecule has 4 aromatic rings. The maximum absolute atomic E-state index is 13.1. The molecule has 2 saturated heterocycles. The van der Waals surface area contributed by atoms with Gasteiger partial charge < -0.3 is 15.6 Å². The molecule has 14 heteroatoms. The van der Waals surface area contributed by atoms with Gasteiger partial charge in [-0.3, -0.25) is 19.5 Å². The summed E-state index contributed by atoms with van der Waals surface area (Å²) in [7, 11) is 0. The fraction of sp³-hybridized carbons (Fsp3) is 0.543. The first-order valence-corrected chi connectivity index (χ1v) is 17.8. The second kappa shape index (κ2) is 14.6. The van der Waals surface area contributed by atoms with Gasteiger partial charge in [0.2, 0.25) is 5.91 Å². The Morgan fingerprint density at radius 2 is 1.84 bits per heavy atom. The highest BCUT2D eigenvalue weighted by atomic mass is 32.1. The van der Waals surface area contributed by atoms with Crippen molar-refractivity contribution in [2.24, 2.45) is 5.73 Å². The van der Waals surface area contributed by atoms with Crippen LogP contribution in [0.15, 0.2) is 24.3 Å². The lowest BCUT2D eigenvalue weighted by Crippen LogP contribution is -2.52. The molecule has 5 heterocycles. The molecule has 1 amide bonds. The van der Waals surface area contributed by atoms with Crippen LogP contribution in [-0.4, -0.2) is 99.2 Å². The summed E-state index contributed by atoms with van der Waals surface area (Å²) in [5, 5.41) is 15.4. The number of hydrogen-bond donors (Lipinski definition) is 2. The first-order chi connectivity index (χ1) is 23.4. The number of hydrogen-bond acceptors (Lipinski definition) is 9. The minimum absolute atomic E-state index is 0.161. The van der Waals surface area contributed by atoms with Crippen LogP contribution in [-0.2, 0) is 30.7 Å². The van der Waals surface area contributed by atoms with E-state index in [1.807, 2.05) is 13.0 Å². The SMILES string of the molecule is CCc1nc(NC2CCN(Cc3ccc4c(cc(C#N)n4C[C@H](C)N4CCN(CC(N)=O)CC4)c3C)CC2)c2cc(CC(F)(F)F)sc2n1. The minimum atomic E-state index is -4.27. The van der Waals surface area contributed by atoms with Crippen molar-refractivity contribution in [2.75, 3.05) is 51.1 Å². The third-order valence-corrected chi connectivity index (χ3v) is 11.0. The van der Waals surface area contributed by atoms with Gasteiger partial charge in [-0.25, -0.2) is 9.97 Å². The number of piperazine rings is 1. The summed E-state index contributed by atoms with van der Waals surface area (Å²) in [4.78, 5) is 28.3. The molecule has 0 saturated carbocycles. The van der Waals surface area contributed by atoms with E-state index in [9.17, 15) is 23.2 Å². The van der Waals surface area contributed by atoms with E-state index in [1.165, 1.54) is 11.1 Å². The molecule has 49 heavy (non-hydrogen) atoms. The predicted octanol–water partition coefficient (Wildman–Crippen LogP) is 5.06. The molecular formula is C35H44F3N9OS. The third-order valence-electron chi connectivity index (χ3n) is 9.94. The molecule has 6 rings (SSSR count). The van der Waals surface area contributed by atoms with E-state index in [0.717, 1.165) is 80.9 Å². The number of primary amides is 1. The molecule has 2 fully saturated rings. The summed E-state index contributed by atoms with van der Waals surface area (Å²) in [5.41, 5.74) is 9.51. The quantitative estimate of drug-likeness (QED) is 0.224. The summed E-state index contributed by atoms with van der Waals surface area (Å²) < 4.78 is 41.4. The Morgan fingerprint density at radius 1 is 1.10 bits per heavy atom. The number of anilines is 1. The Balaban J connectivity index is 1.09. The number of nitrogens with two attached hydrogens (primary N) is 1. The maximum Gasteiger partial charge on any atom is 0.393 e. The summed E-state index contributed by atoms with van der Waals surface area (Å²) in [6.07, 6.45) is -2.85. The normalized spacial score (nSPS) is 17.9. The second-order valence-electron chi connectivity index (χ2n) is 13.4. The number of likely N-dealkylation sites (tertiary alicyclic amines) is 1. The van der Waals surface area contributed by atoms with E-state index in [0.29, 0.717) is 47.1 Å². The Labute approximate surface area is 288 Å². The summed E-state index contributed by atoms with van der Waals surface area (Å²) >= 11 is 1.09. The first kappa shape index (κ1) is 35.1. The lowest BCUT2D eigenvalue weighted by atomic mass is 10.0. The van der Waals surface area contributed by atoms with Gasteiger partial charge in [0.15, 0.2) is 0 Å². The van der Waals surface area contributed by atoms with E-state index >= 15 is 0 Å². The predicted molar refractivity (Wildman–Crippen MR) is 187 cm³/mol. The zero-order valence-corrected chi connectivity index (χ0v) is 29.1. The van der Waals surface area contributed by atoms with Gasteiger partial charge in [0.1, 0.15) is 28.2 Å². The van der Waals surface area contributed by atoms with E-state index in [-0.39, 0.29) is 22.9 Å². The van der Waals surface area contributed by atoms with Crippen LogP contribution in [0.1, 0.15) is 54.2 Å². The topological polar surface area (TPSA) is 119 Å². The average Bonchev–Trinajstić information content (AvgIpc) is 3.63. The Morgan fingerprint density at radius 3 is 2.49 bits per heavy atom. The van der Waals surface area contributed by atoms with Crippen LogP contribution in [0.3, 0.4) is 0 Å². The van der Waals surface area contributed by atoms with Crippen molar-refractivity contribution >= 4 is 44.2 Å². The number of carbonyl (C=O) groups is 1. The van der Waals surface area contributed by atoms with Crippen molar-refractivity contribution in [3.8, 4) is 6.07 Å². The molecule has 262 valence electrons. The maximum atomic E-state index is 13.1. The monoisotopic (exact) mass is 695 g/mol. The standard InChI is InChI=1S/C35H44F3N9OS/c1-4-32-42-33(29-16-27(17-35(36,37)38)49-34(29)43-32)41-25-7-9-44(10-8-25)20-24-5-6-30-28(23(24)3)15-26(18-39)47(30)19-22(2)46-13-11-45(12-14-46)21-31(40)48/h5-6,15-16,22,25H,4,7-14,17,19-21H2,1-3H3,(H2,40,48)(H,41,42,43)/t22-/m0/s1. The van der Waals surface area contributed by atoms with Crippen LogP contribution >= 0.6 is 11.3 Å². The van der Waals surface area contributed by atoms with Gasteiger partial charge in [-0.2, -0.15) is 18.4 Å². The number of aryl methyl sites for hydroxylation is 2. The zero-order valence-electron chi connectivity index (χ0n) is 28.3. The molecular weight excluding hydrogens is 652 g/mol. The van der Waals surface area contributed by atoms with Crippen LogP contribution in [0, 0.1) is 18.3 Å². The van der Waals surface area contributed by atoms with Gasteiger partial charge in [0, 0.05) is 86.6 Å². The third kappa shape index (κ3) is 8.17. The molecule has 0 radical (unpaired) electrons. The van der Waals surface area contributed by atoms with Crippen LogP contribution in [0.5, 0.6) is 0 Å². The number of rotatable bonds is 11. The smallest absolute Gasteiger partial charge is 0.369 e. The lowest BCUT2D eigenvalue weighted by molar-refractivity contribution is -0.126. The molecule has 0 spiro atoms. The van der Waals surface area contributed by atoms with E-state index in [2.05, 4.69) is 66.6 Å². The summed E-state index contributed by atoms with van der Waals surface area (Å²) in [6, 6.07) is 10.7. The van der Waals surface area contributed by atoms with Crippen molar-refractivity contribution in [1.29, 1.82) is 5.26 Å². The van der Waals surface area contributed by atoms with Crippen LogP contribution in [0.25, 0.3) is 21.1 Å². The number of halogens is 3. The highest BCUT2D eigenvalue weighted by Gasteiger charge is 2.30. The van der Waals surface area contributed by atoms with Crippen molar-refractivity contribution in [2.45, 2.75) is 77.8 Å². The summed E-state index contributed by atoms with van der Waals surface area (Å²) in [6.45, 7) is 13.1. The van der Waals surface area contributed by atoms with E-state index in [4.69, 9.17) is 5.73 Å². The van der Waals surface area contributed by atoms with Crippen molar-refractivity contribution in [1.82, 2.24) is 29.2 Å². The van der Waals surface area contributed by atoms with Gasteiger partial charge in [-0.15, -0.1) is 11.3 Å². The molecule has 0 aliphatic carbocycles. The van der Waals surface area contributed by atoms with Gasteiger partial charge in [0.05, 0.1) is 18.4 Å². The number of alkyl halides is 3. The molecule has 1 aromatic carbocycles. The molecule has 2 aliphatic heterocycles. The second-order valence-corrected chi connectivity index (χ2v) is 14.5. The number of fused-ring (bicyclic) bond motifs is 2. The van der Waals surface area contributed by atoms with Crippen molar-refractivity contribution in [3.63, 3.8) is 0 Å². The highest BCUT2D eigenvalue weighted by Crippen LogP contribution is 2.34. The van der Waals surface area contributed by atoms with E-state index in [1.54, 1.807) is 6.07 Å². The fourth-order valence-corrected chi connectivity index (χ4v) is 8.26. The Bertz CT molecular complexity index is 1850. The number of nitrogens with one attached hydrogen (secondary N) is 1. The minimum Gasteiger partial charge on any atom is -0.369 e. The number of amides is 1. The van der Waals surface area contributed by atoms with Crippen molar-refractivity contribution in [3.05, 3.63) is 51.8 Å². The highest BCUT2D eigenvalue weighted by molar-refractivity contribution is 7.18. The molecule has 10 nitrogen and oxygen atoms in total. The van der Waals surface area contributed by atoms with Gasteiger partial charge in [-0.05, 0) is 56.0 Å². The van der Waals surface area contributed by atoms with Crippen LogP contribution < -0.4 is 11.1 Å². The zero-order chi connectivity index (χ0) is 34.9. The van der Waals surface area contributed by atoms with Crippen molar-refractivity contribution < 1.29 is 18.0 Å². The molecule has 3 aromatic heterocycles.